The van der Waals surface area contributed by atoms with E-state index in [2.05, 4.69) is 14.5 Å². The van der Waals surface area contributed by atoms with E-state index in [1.165, 1.54) is 12.1 Å². The molecular formula is C25H30FN3O4S. The van der Waals surface area contributed by atoms with Gasteiger partial charge in [0.1, 0.15) is 17.3 Å². The van der Waals surface area contributed by atoms with Gasteiger partial charge in [-0.15, -0.1) is 0 Å². The monoisotopic (exact) mass is 487 g/mol. The minimum absolute atomic E-state index is 0.177. The van der Waals surface area contributed by atoms with E-state index >= 15 is 0 Å². The number of hydrogen-bond acceptors (Lipinski definition) is 6. The van der Waals surface area contributed by atoms with Crippen molar-refractivity contribution in [1.29, 1.82) is 0 Å². The van der Waals surface area contributed by atoms with Crippen LogP contribution in [0.25, 0.3) is 0 Å². The first-order valence-corrected chi connectivity index (χ1v) is 12.7. The van der Waals surface area contributed by atoms with Gasteiger partial charge in [0, 0.05) is 38.4 Å². The van der Waals surface area contributed by atoms with Gasteiger partial charge < -0.3 is 14.1 Å². The second-order valence-corrected chi connectivity index (χ2v) is 10.2. The molecule has 1 aliphatic heterocycles. The maximum Gasteiger partial charge on any atom is 0.240 e. The van der Waals surface area contributed by atoms with Crippen molar-refractivity contribution in [2.75, 3.05) is 44.7 Å². The SMILES string of the molecule is COc1c(C)cc(S(=O)(=O)NCC(c2ccco2)N2CCN(c3ccc(F)cc3)CC2)cc1C. The van der Waals surface area contributed by atoms with Crippen LogP contribution in [0.4, 0.5) is 10.1 Å². The molecule has 0 saturated carbocycles. The third-order valence-electron chi connectivity index (χ3n) is 6.23. The van der Waals surface area contributed by atoms with Gasteiger partial charge in [0.25, 0.3) is 0 Å². The van der Waals surface area contributed by atoms with Crippen molar-refractivity contribution in [2.24, 2.45) is 0 Å². The average molecular weight is 488 g/mol. The van der Waals surface area contributed by atoms with Crippen LogP contribution < -0.4 is 14.4 Å². The summed E-state index contributed by atoms with van der Waals surface area (Å²) in [6, 6.07) is 13.2. The first-order chi connectivity index (χ1) is 16.3. The third kappa shape index (κ3) is 5.27. The van der Waals surface area contributed by atoms with E-state index in [1.54, 1.807) is 37.6 Å². The van der Waals surface area contributed by atoms with Gasteiger partial charge in [-0.25, -0.2) is 17.5 Å². The molecule has 1 unspecified atom stereocenters. The second kappa shape index (κ2) is 10.2. The Balaban J connectivity index is 1.47. The molecule has 0 aliphatic carbocycles. The van der Waals surface area contributed by atoms with Crippen LogP contribution in [0.2, 0.25) is 0 Å². The summed E-state index contributed by atoms with van der Waals surface area (Å²) in [7, 11) is -2.16. The van der Waals surface area contributed by atoms with Crippen molar-refractivity contribution >= 4 is 15.7 Å². The number of furan rings is 1. The lowest BCUT2D eigenvalue weighted by atomic mass is 10.1. The van der Waals surface area contributed by atoms with E-state index in [-0.39, 0.29) is 23.3 Å². The van der Waals surface area contributed by atoms with Crippen LogP contribution in [0.1, 0.15) is 22.9 Å². The van der Waals surface area contributed by atoms with Crippen LogP contribution in [0.15, 0.2) is 64.1 Å². The fourth-order valence-electron chi connectivity index (χ4n) is 4.49. The highest BCUT2D eigenvalue weighted by Gasteiger charge is 2.29. The lowest BCUT2D eigenvalue weighted by Gasteiger charge is -2.39. The largest absolute Gasteiger partial charge is 0.496 e. The number of anilines is 1. The van der Waals surface area contributed by atoms with Crippen molar-refractivity contribution in [3.05, 3.63) is 77.5 Å². The number of sulfonamides is 1. The van der Waals surface area contributed by atoms with E-state index in [4.69, 9.17) is 9.15 Å². The van der Waals surface area contributed by atoms with Crippen LogP contribution in [0.5, 0.6) is 5.75 Å². The highest BCUT2D eigenvalue weighted by molar-refractivity contribution is 7.89. The number of rotatable bonds is 8. The van der Waals surface area contributed by atoms with Crippen molar-refractivity contribution in [3.63, 3.8) is 0 Å². The molecule has 0 spiro atoms. The Morgan fingerprint density at radius 3 is 2.26 bits per heavy atom. The van der Waals surface area contributed by atoms with Crippen LogP contribution in [-0.4, -0.2) is 53.2 Å². The van der Waals surface area contributed by atoms with Gasteiger partial charge in [-0.2, -0.15) is 0 Å². The van der Waals surface area contributed by atoms with Crippen molar-refractivity contribution in [1.82, 2.24) is 9.62 Å². The quantitative estimate of drug-likeness (QED) is 0.520. The average Bonchev–Trinajstić information content (AvgIpc) is 3.34. The predicted octanol–water partition coefficient (Wildman–Crippen LogP) is 3.89. The Morgan fingerprint density at radius 1 is 1.06 bits per heavy atom. The minimum atomic E-state index is -3.73. The Bertz CT molecular complexity index is 1180. The van der Waals surface area contributed by atoms with Gasteiger partial charge in [-0.05, 0) is 73.5 Å². The van der Waals surface area contributed by atoms with Gasteiger partial charge in [0.2, 0.25) is 10.0 Å². The van der Waals surface area contributed by atoms with Crippen molar-refractivity contribution in [3.8, 4) is 5.75 Å². The molecule has 0 amide bonds. The van der Waals surface area contributed by atoms with Gasteiger partial charge in [-0.3, -0.25) is 4.90 Å². The first-order valence-electron chi connectivity index (χ1n) is 11.2. The normalized spacial score (nSPS) is 15.9. The van der Waals surface area contributed by atoms with E-state index in [9.17, 15) is 12.8 Å². The maximum atomic E-state index is 13.3. The number of methoxy groups -OCH3 is 1. The third-order valence-corrected chi connectivity index (χ3v) is 7.64. The second-order valence-electron chi connectivity index (χ2n) is 8.47. The molecule has 1 N–H and O–H groups in total. The number of benzene rings is 2. The van der Waals surface area contributed by atoms with Crippen LogP contribution >= 0.6 is 0 Å². The molecule has 1 aliphatic rings. The summed E-state index contributed by atoms with van der Waals surface area (Å²) >= 11 is 0. The zero-order valence-electron chi connectivity index (χ0n) is 19.6. The minimum Gasteiger partial charge on any atom is -0.496 e. The molecule has 3 aromatic rings. The topological polar surface area (TPSA) is 75.0 Å². The van der Waals surface area contributed by atoms with Crippen LogP contribution in [0, 0.1) is 19.7 Å². The molecule has 4 rings (SSSR count). The number of hydrogen-bond donors (Lipinski definition) is 1. The maximum absolute atomic E-state index is 13.3. The summed E-state index contributed by atoms with van der Waals surface area (Å²) in [5, 5.41) is 0. The first kappa shape index (κ1) is 24.3. The van der Waals surface area contributed by atoms with Crippen molar-refractivity contribution < 1.29 is 22.0 Å². The highest BCUT2D eigenvalue weighted by atomic mass is 32.2. The highest BCUT2D eigenvalue weighted by Crippen LogP contribution is 2.28. The lowest BCUT2D eigenvalue weighted by molar-refractivity contribution is 0.166. The van der Waals surface area contributed by atoms with E-state index in [1.807, 2.05) is 26.0 Å². The predicted molar refractivity (Wildman–Crippen MR) is 129 cm³/mol. The number of nitrogens with one attached hydrogen (secondary N) is 1. The molecule has 1 saturated heterocycles. The fraction of sp³-hybridized carbons (Fsp3) is 0.360. The summed E-state index contributed by atoms with van der Waals surface area (Å²) in [6.07, 6.45) is 1.60. The summed E-state index contributed by atoms with van der Waals surface area (Å²) in [6.45, 7) is 6.75. The molecular weight excluding hydrogens is 457 g/mol. The van der Waals surface area contributed by atoms with Gasteiger partial charge in [0.15, 0.2) is 0 Å². The molecule has 1 atom stereocenters. The van der Waals surface area contributed by atoms with E-state index < -0.39 is 10.0 Å². The zero-order valence-corrected chi connectivity index (χ0v) is 20.4. The smallest absolute Gasteiger partial charge is 0.240 e. The molecule has 182 valence electrons. The number of aryl methyl sites for hydroxylation is 2. The van der Waals surface area contributed by atoms with Gasteiger partial charge in [-0.1, -0.05) is 0 Å². The number of ether oxygens (including phenoxy) is 1. The van der Waals surface area contributed by atoms with Gasteiger partial charge in [0.05, 0.1) is 24.3 Å². The number of nitrogens with zero attached hydrogens (tertiary/aromatic N) is 2. The standard InChI is InChI=1S/C25H30FN3O4S/c1-18-15-22(16-19(2)25(18)32-3)34(30,31)27-17-23(24-5-4-14-33-24)29-12-10-28(11-13-29)21-8-6-20(26)7-9-21/h4-9,14-16,23,27H,10-13,17H2,1-3H3. The molecule has 7 nitrogen and oxygen atoms in total. The fourth-order valence-corrected chi connectivity index (χ4v) is 5.70. The zero-order chi connectivity index (χ0) is 24.3. The summed E-state index contributed by atoms with van der Waals surface area (Å²) in [4.78, 5) is 4.62. The molecule has 0 radical (unpaired) electrons. The van der Waals surface area contributed by atoms with E-state index in [0.717, 1.165) is 29.9 Å². The van der Waals surface area contributed by atoms with E-state index in [0.29, 0.717) is 24.6 Å². The summed E-state index contributed by atoms with van der Waals surface area (Å²) in [5.74, 6) is 1.14. The molecule has 1 aromatic heterocycles. The summed E-state index contributed by atoms with van der Waals surface area (Å²) in [5.41, 5.74) is 2.51. The van der Waals surface area contributed by atoms with Gasteiger partial charge >= 0.3 is 0 Å². The van der Waals surface area contributed by atoms with Crippen LogP contribution in [0.3, 0.4) is 0 Å². The Morgan fingerprint density at radius 2 is 1.71 bits per heavy atom. The van der Waals surface area contributed by atoms with Crippen molar-refractivity contribution in [2.45, 2.75) is 24.8 Å². The molecule has 34 heavy (non-hydrogen) atoms. The summed E-state index contributed by atoms with van der Waals surface area (Å²) < 4.78 is 53.3. The lowest BCUT2D eigenvalue weighted by Crippen LogP contribution is -2.49. The number of halogens is 1. The van der Waals surface area contributed by atoms with Crippen LogP contribution in [-0.2, 0) is 10.0 Å². The Hall–Kier alpha value is -2.88. The Labute approximate surface area is 200 Å². The Kier molecular flexibility index (Phi) is 7.25. The molecule has 2 aromatic carbocycles. The number of piperazine rings is 1. The molecule has 0 bridgehead atoms. The molecule has 9 heteroatoms. The molecule has 1 fully saturated rings. The molecule has 2 heterocycles.